The van der Waals surface area contributed by atoms with Gasteiger partial charge in [0.15, 0.2) is 0 Å². The highest BCUT2D eigenvalue weighted by molar-refractivity contribution is 7.91. The molecule has 1 saturated carbocycles. The number of nitrogens with one attached hydrogen (secondary N) is 1. The lowest BCUT2D eigenvalue weighted by Gasteiger charge is -2.54. The van der Waals surface area contributed by atoms with Gasteiger partial charge < -0.3 is 29.7 Å². The molecule has 1 N–H and O–H groups in total. The van der Waals surface area contributed by atoms with Gasteiger partial charge in [0.2, 0.25) is 9.84 Å². The van der Waals surface area contributed by atoms with Gasteiger partial charge in [-0.15, -0.1) is 0 Å². The number of anilines is 1. The number of amides is 2. The lowest BCUT2D eigenvalue weighted by molar-refractivity contribution is 0.0223. The minimum absolute atomic E-state index is 0.0123. The van der Waals surface area contributed by atoms with E-state index in [2.05, 4.69) is 26.1 Å². The lowest BCUT2D eigenvalue weighted by atomic mass is 9.57. The summed E-state index contributed by atoms with van der Waals surface area (Å²) >= 11 is 0. The first-order chi connectivity index (χ1) is 26.0. The van der Waals surface area contributed by atoms with Crippen molar-refractivity contribution in [1.29, 1.82) is 0 Å². The van der Waals surface area contributed by atoms with Gasteiger partial charge in [0.1, 0.15) is 5.82 Å². The summed E-state index contributed by atoms with van der Waals surface area (Å²) in [6.07, 6.45) is 5.76. The summed E-state index contributed by atoms with van der Waals surface area (Å²) in [5, 5.41) is 3.18. The third kappa shape index (κ3) is 7.75. The van der Waals surface area contributed by atoms with E-state index in [-0.39, 0.29) is 38.9 Å². The van der Waals surface area contributed by atoms with Crippen LogP contribution in [0.1, 0.15) is 54.4 Å². The zero-order valence-electron chi connectivity index (χ0n) is 31.8. The van der Waals surface area contributed by atoms with E-state index in [4.69, 9.17) is 4.74 Å². The maximum Gasteiger partial charge on any atom is 0.407 e. The van der Waals surface area contributed by atoms with E-state index in [9.17, 15) is 22.4 Å². The van der Waals surface area contributed by atoms with E-state index in [0.29, 0.717) is 17.4 Å². The molecule has 3 saturated heterocycles. The molecule has 54 heavy (non-hydrogen) atoms. The van der Waals surface area contributed by atoms with Crippen LogP contribution in [-0.2, 0) is 20.0 Å². The summed E-state index contributed by atoms with van der Waals surface area (Å²) < 4.78 is 46.7. The number of nitrogens with zero attached hydrogens (tertiary/aromatic N) is 4. The number of likely N-dealkylation sites (tertiary alicyclic amines) is 2. The van der Waals surface area contributed by atoms with Crippen LogP contribution in [0.2, 0.25) is 0 Å². The van der Waals surface area contributed by atoms with E-state index in [1.807, 2.05) is 18.2 Å². The van der Waals surface area contributed by atoms with Gasteiger partial charge in [-0.05, 0) is 136 Å². The highest BCUT2D eigenvalue weighted by atomic mass is 32.2. The van der Waals surface area contributed by atoms with E-state index in [0.717, 1.165) is 95.7 Å². The first-order valence-corrected chi connectivity index (χ1v) is 20.9. The first kappa shape index (κ1) is 38.3. The van der Waals surface area contributed by atoms with Gasteiger partial charge in [-0.3, -0.25) is 4.79 Å². The second-order valence-electron chi connectivity index (χ2n) is 16.0. The van der Waals surface area contributed by atoms with Crippen LogP contribution < -0.4 is 10.2 Å². The van der Waals surface area contributed by atoms with Crippen molar-refractivity contribution in [2.24, 2.45) is 17.8 Å². The number of sulfone groups is 1. The third-order valence-corrected chi connectivity index (χ3v) is 14.4. The summed E-state index contributed by atoms with van der Waals surface area (Å²) in [5.41, 5.74) is 2.24. The average molecular weight is 760 g/mol. The predicted molar refractivity (Wildman–Crippen MR) is 207 cm³/mol. The Hall–Kier alpha value is -4.00. The molecule has 10 nitrogen and oxygen atoms in total. The van der Waals surface area contributed by atoms with Crippen molar-refractivity contribution in [3.05, 3.63) is 89.7 Å². The summed E-state index contributed by atoms with van der Waals surface area (Å²) in [6.45, 7) is 7.81. The Morgan fingerprint density at radius 2 is 1.54 bits per heavy atom. The average Bonchev–Trinajstić information content (AvgIpc) is 3.61. The number of carbonyl (C=O) groups excluding carboxylic acids is 2. The number of methoxy groups -OCH3 is 1. The molecule has 3 heterocycles. The van der Waals surface area contributed by atoms with E-state index < -0.39 is 15.9 Å². The standard InChI is InChI=1S/C42H54FN5O5S/c1-45(2)40(49)31-11-15-36(16-12-31)54(51,52)37-17-13-35(14-18-37)48-27-30(28-48)26-46-23-19-32(20-24-46)42(29-47-21-6-22-47,33-7-4-8-34(43)25-33)38-9-5-10-39(38)44-41(50)53-3/h4,7-8,11-18,25,30,32,38-39H,5-6,9-10,19-24,26-29H2,1-3H3,(H,44,50)/t38-,39-,42?/m0/s1. The predicted octanol–water partition coefficient (Wildman–Crippen LogP) is 5.68. The highest BCUT2D eigenvalue weighted by Gasteiger charge is 2.53. The van der Waals surface area contributed by atoms with Gasteiger partial charge in [-0.2, -0.15) is 0 Å². The minimum Gasteiger partial charge on any atom is -0.453 e. The summed E-state index contributed by atoms with van der Waals surface area (Å²) in [5.74, 6) is 0.683. The number of rotatable bonds is 12. The van der Waals surface area contributed by atoms with Gasteiger partial charge in [0, 0.05) is 68.9 Å². The molecule has 1 unspecified atom stereocenters. The Bertz CT molecular complexity index is 1890. The van der Waals surface area contributed by atoms with Crippen molar-refractivity contribution in [1.82, 2.24) is 20.0 Å². The molecule has 0 bridgehead atoms. The van der Waals surface area contributed by atoms with E-state index in [1.165, 1.54) is 36.6 Å². The van der Waals surface area contributed by atoms with Crippen LogP contribution in [0.5, 0.6) is 0 Å². The number of hydrogen-bond donors (Lipinski definition) is 1. The Kier molecular flexibility index (Phi) is 11.3. The molecule has 0 spiro atoms. The Morgan fingerprint density at radius 1 is 0.870 bits per heavy atom. The van der Waals surface area contributed by atoms with Crippen molar-refractivity contribution in [3.63, 3.8) is 0 Å². The molecule has 2 amide bonds. The van der Waals surface area contributed by atoms with Crippen LogP contribution in [0, 0.1) is 23.6 Å². The fourth-order valence-corrected chi connectivity index (χ4v) is 10.9. The molecule has 4 aliphatic rings. The summed E-state index contributed by atoms with van der Waals surface area (Å²) in [7, 11) is 1.03. The van der Waals surface area contributed by atoms with Crippen LogP contribution in [0.3, 0.4) is 0 Å². The molecule has 3 aromatic rings. The Labute approximate surface area is 319 Å². The van der Waals surface area contributed by atoms with Crippen LogP contribution in [0.15, 0.2) is 82.6 Å². The Balaban J connectivity index is 0.985. The molecule has 12 heteroatoms. The number of carbonyl (C=O) groups is 2. The number of hydrogen-bond acceptors (Lipinski definition) is 8. The van der Waals surface area contributed by atoms with Crippen LogP contribution in [-0.4, -0.2) is 115 Å². The van der Waals surface area contributed by atoms with Gasteiger partial charge in [0.25, 0.3) is 5.91 Å². The topological polar surface area (TPSA) is 102 Å². The fraction of sp³-hybridized carbons (Fsp3) is 0.524. The van der Waals surface area contributed by atoms with Crippen LogP contribution in [0.4, 0.5) is 14.9 Å². The number of halogens is 1. The molecule has 290 valence electrons. The molecule has 3 aromatic carbocycles. The van der Waals surface area contributed by atoms with Crippen molar-refractivity contribution in [2.45, 2.75) is 59.8 Å². The third-order valence-electron chi connectivity index (χ3n) is 12.6. The van der Waals surface area contributed by atoms with Gasteiger partial charge in [-0.1, -0.05) is 18.6 Å². The first-order valence-electron chi connectivity index (χ1n) is 19.4. The maximum absolute atomic E-state index is 15.0. The van der Waals surface area contributed by atoms with Crippen LogP contribution >= 0.6 is 0 Å². The molecular weight excluding hydrogens is 706 g/mol. The van der Waals surface area contributed by atoms with Crippen molar-refractivity contribution in [2.75, 3.05) is 78.5 Å². The number of alkyl carbamates (subject to hydrolysis) is 1. The van der Waals surface area contributed by atoms with Crippen molar-refractivity contribution in [3.8, 4) is 0 Å². The van der Waals surface area contributed by atoms with Gasteiger partial charge in [-0.25, -0.2) is 17.6 Å². The highest BCUT2D eigenvalue weighted by Crippen LogP contribution is 2.51. The summed E-state index contributed by atoms with van der Waals surface area (Å²) in [6, 6.07) is 20.5. The smallest absolute Gasteiger partial charge is 0.407 e. The monoisotopic (exact) mass is 759 g/mol. The van der Waals surface area contributed by atoms with Crippen molar-refractivity contribution >= 4 is 27.5 Å². The second kappa shape index (κ2) is 16.0. The maximum atomic E-state index is 15.0. The zero-order valence-corrected chi connectivity index (χ0v) is 32.6. The fourth-order valence-electron chi connectivity index (χ4n) is 9.64. The van der Waals surface area contributed by atoms with Crippen molar-refractivity contribution < 1.29 is 27.1 Å². The molecule has 3 atom stereocenters. The van der Waals surface area contributed by atoms with E-state index in [1.54, 1.807) is 44.4 Å². The zero-order chi connectivity index (χ0) is 38.0. The van der Waals surface area contributed by atoms with Gasteiger partial charge >= 0.3 is 6.09 Å². The normalized spacial score (nSPS) is 22.6. The SMILES string of the molecule is COC(=O)N[C@H]1CCC[C@@H]1C(CN1CCC1)(c1cccc(F)c1)C1CCN(CC2CN(c3ccc(S(=O)(=O)c4ccc(C(=O)N(C)C)cc4)cc3)C2)CC1. The number of ether oxygens (including phenoxy) is 1. The molecular formula is C42H54FN5O5S. The second-order valence-corrected chi connectivity index (χ2v) is 18.0. The molecule has 1 aliphatic carbocycles. The molecule has 0 aromatic heterocycles. The molecule has 4 fully saturated rings. The molecule has 0 radical (unpaired) electrons. The van der Waals surface area contributed by atoms with Crippen LogP contribution in [0.25, 0.3) is 0 Å². The van der Waals surface area contributed by atoms with Gasteiger partial charge in [0.05, 0.1) is 16.9 Å². The largest absolute Gasteiger partial charge is 0.453 e. The van der Waals surface area contributed by atoms with E-state index >= 15 is 0 Å². The molecule has 3 aliphatic heterocycles. The Morgan fingerprint density at radius 3 is 2.13 bits per heavy atom. The lowest BCUT2D eigenvalue weighted by Crippen LogP contribution is -2.60. The molecule has 7 rings (SSSR count). The minimum atomic E-state index is -3.71. The number of benzene rings is 3. The number of piperidine rings is 1. The quantitative estimate of drug-likeness (QED) is 0.252. The summed E-state index contributed by atoms with van der Waals surface area (Å²) in [4.78, 5) is 34.0.